The van der Waals surface area contributed by atoms with Gasteiger partial charge in [-0.15, -0.1) is 0 Å². The van der Waals surface area contributed by atoms with Crippen LogP contribution in [0.15, 0.2) is 54.6 Å². The van der Waals surface area contributed by atoms with Crippen molar-refractivity contribution in [2.75, 3.05) is 0 Å². The second-order valence-corrected chi connectivity index (χ2v) is 4.80. The highest BCUT2D eigenvalue weighted by atomic mass is 15.1. The van der Waals surface area contributed by atoms with Crippen molar-refractivity contribution in [1.29, 1.82) is 0 Å². The number of hydrogen-bond donors (Lipinski definition) is 1. The van der Waals surface area contributed by atoms with Gasteiger partial charge in [0.15, 0.2) is 0 Å². The van der Waals surface area contributed by atoms with Gasteiger partial charge in [-0.25, -0.2) is 4.98 Å². The van der Waals surface area contributed by atoms with E-state index in [1.54, 1.807) is 0 Å². The predicted molar refractivity (Wildman–Crippen MR) is 77.8 cm³/mol. The standard InChI is InChI=1S/C16H17N3/c1-19-15-10-6-5-9-14(15)18-16(19)11-13(17)12-7-3-2-4-8-12/h2-10,13H,11,17H2,1H3/t13-/m0/s1. The molecule has 0 radical (unpaired) electrons. The van der Waals surface area contributed by atoms with Gasteiger partial charge in [0, 0.05) is 19.5 Å². The van der Waals surface area contributed by atoms with Crippen molar-refractivity contribution in [1.82, 2.24) is 9.55 Å². The molecule has 2 N–H and O–H groups in total. The first-order valence-corrected chi connectivity index (χ1v) is 6.46. The predicted octanol–water partition coefficient (Wildman–Crippen LogP) is 2.82. The number of rotatable bonds is 3. The molecule has 0 saturated heterocycles. The molecule has 3 aromatic rings. The number of aryl methyl sites for hydroxylation is 1. The average Bonchev–Trinajstić information content (AvgIpc) is 2.77. The molecule has 1 heterocycles. The molecule has 0 saturated carbocycles. The second-order valence-electron chi connectivity index (χ2n) is 4.80. The molecule has 0 aliphatic heterocycles. The van der Waals surface area contributed by atoms with Crippen LogP contribution >= 0.6 is 0 Å². The molecule has 3 heteroatoms. The summed E-state index contributed by atoms with van der Waals surface area (Å²) >= 11 is 0. The van der Waals surface area contributed by atoms with Crippen LogP contribution in [0.5, 0.6) is 0 Å². The largest absolute Gasteiger partial charge is 0.331 e. The number of nitrogens with two attached hydrogens (primary N) is 1. The Labute approximate surface area is 112 Å². The zero-order valence-electron chi connectivity index (χ0n) is 11.0. The van der Waals surface area contributed by atoms with Crippen LogP contribution in [0.3, 0.4) is 0 Å². The fourth-order valence-corrected chi connectivity index (χ4v) is 2.39. The van der Waals surface area contributed by atoms with Gasteiger partial charge in [-0.2, -0.15) is 0 Å². The number of imidazole rings is 1. The Morgan fingerprint density at radius 1 is 1.05 bits per heavy atom. The summed E-state index contributed by atoms with van der Waals surface area (Å²) in [6.45, 7) is 0. The number of aromatic nitrogens is 2. The van der Waals surface area contributed by atoms with Gasteiger partial charge in [-0.05, 0) is 17.7 Å². The van der Waals surface area contributed by atoms with Crippen molar-refractivity contribution >= 4 is 11.0 Å². The van der Waals surface area contributed by atoms with Crippen LogP contribution in [0, 0.1) is 0 Å². The molecule has 96 valence electrons. The molecule has 0 amide bonds. The minimum absolute atomic E-state index is 0.0169. The Hall–Kier alpha value is -2.13. The van der Waals surface area contributed by atoms with Crippen molar-refractivity contribution in [2.45, 2.75) is 12.5 Å². The van der Waals surface area contributed by atoms with Crippen molar-refractivity contribution < 1.29 is 0 Å². The van der Waals surface area contributed by atoms with E-state index in [1.807, 2.05) is 43.4 Å². The van der Waals surface area contributed by atoms with Gasteiger partial charge in [0.1, 0.15) is 5.82 Å². The van der Waals surface area contributed by atoms with Gasteiger partial charge in [-0.1, -0.05) is 42.5 Å². The van der Waals surface area contributed by atoms with Gasteiger partial charge in [0.2, 0.25) is 0 Å². The molecular formula is C16H17N3. The van der Waals surface area contributed by atoms with E-state index in [-0.39, 0.29) is 6.04 Å². The first-order valence-electron chi connectivity index (χ1n) is 6.46. The number of hydrogen-bond acceptors (Lipinski definition) is 2. The topological polar surface area (TPSA) is 43.8 Å². The maximum Gasteiger partial charge on any atom is 0.111 e. The Morgan fingerprint density at radius 3 is 2.47 bits per heavy atom. The van der Waals surface area contributed by atoms with Gasteiger partial charge >= 0.3 is 0 Å². The van der Waals surface area contributed by atoms with E-state index in [0.717, 1.165) is 28.8 Å². The van der Waals surface area contributed by atoms with Crippen LogP contribution in [-0.2, 0) is 13.5 Å². The Balaban J connectivity index is 1.91. The maximum atomic E-state index is 6.26. The highest BCUT2D eigenvalue weighted by Crippen LogP contribution is 2.19. The lowest BCUT2D eigenvalue weighted by Crippen LogP contribution is -2.15. The highest BCUT2D eigenvalue weighted by molar-refractivity contribution is 5.75. The van der Waals surface area contributed by atoms with E-state index in [0.29, 0.717) is 0 Å². The van der Waals surface area contributed by atoms with E-state index < -0.39 is 0 Å². The van der Waals surface area contributed by atoms with Crippen LogP contribution < -0.4 is 5.73 Å². The van der Waals surface area contributed by atoms with E-state index >= 15 is 0 Å². The highest BCUT2D eigenvalue weighted by Gasteiger charge is 2.12. The van der Waals surface area contributed by atoms with Gasteiger partial charge < -0.3 is 10.3 Å². The number of fused-ring (bicyclic) bond motifs is 1. The summed E-state index contributed by atoms with van der Waals surface area (Å²) in [7, 11) is 2.04. The summed E-state index contributed by atoms with van der Waals surface area (Å²) in [5.41, 5.74) is 9.59. The van der Waals surface area contributed by atoms with Crippen LogP contribution in [0.4, 0.5) is 0 Å². The van der Waals surface area contributed by atoms with E-state index in [2.05, 4.69) is 27.8 Å². The first-order chi connectivity index (χ1) is 9.25. The summed E-state index contributed by atoms with van der Waals surface area (Å²) < 4.78 is 2.12. The summed E-state index contributed by atoms with van der Waals surface area (Å²) in [5, 5.41) is 0. The minimum atomic E-state index is -0.0169. The normalized spacial score (nSPS) is 12.7. The van der Waals surface area contributed by atoms with Crippen LogP contribution in [-0.4, -0.2) is 9.55 Å². The third-order valence-electron chi connectivity index (χ3n) is 3.51. The molecule has 0 spiro atoms. The van der Waals surface area contributed by atoms with Crippen molar-refractivity contribution in [2.24, 2.45) is 12.8 Å². The van der Waals surface area contributed by atoms with E-state index in [4.69, 9.17) is 5.73 Å². The smallest absolute Gasteiger partial charge is 0.111 e. The molecule has 0 bridgehead atoms. The van der Waals surface area contributed by atoms with Crippen molar-refractivity contribution in [3.63, 3.8) is 0 Å². The van der Waals surface area contributed by atoms with Gasteiger partial charge in [0.25, 0.3) is 0 Å². The second kappa shape index (κ2) is 4.86. The van der Waals surface area contributed by atoms with Crippen LogP contribution in [0.1, 0.15) is 17.4 Å². The zero-order chi connectivity index (χ0) is 13.2. The fourth-order valence-electron chi connectivity index (χ4n) is 2.39. The Bertz CT molecular complexity index is 686. The maximum absolute atomic E-state index is 6.26. The molecule has 0 aliphatic rings. The minimum Gasteiger partial charge on any atom is -0.331 e. The molecule has 1 aromatic heterocycles. The third-order valence-corrected chi connectivity index (χ3v) is 3.51. The monoisotopic (exact) mass is 251 g/mol. The molecule has 0 aliphatic carbocycles. The molecule has 2 aromatic carbocycles. The van der Waals surface area contributed by atoms with Crippen molar-refractivity contribution in [3.05, 3.63) is 66.0 Å². The fraction of sp³-hybridized carbons (Fsp3) is 0.188. The molecule has 0 unspecified atom stereocenters. The van der Waals surface area contributed by atoms with Crippen LogP contribution in [0.25, 0.3) is 11.0 Å². The van der Waals surface area contributed by atoms with Crippen LogP contribution in [0.2, 0.25) is 0 Å². The van der Waals surface area contributed by atoms with Gasteiger partial charge in [0.05, 0.1) is 11.0 Å². The summed E-state index contributed by atoms with van der Waals surface area (Å²) in [4.78, 5) is 4.66. The Morgan fingerprint density at radius 2 is 1.74 bits per heavy atom. The summed E-state index contributed by atoms with van der Waals surface area (Å²) in [6.07, 6.45) is 0.745. The van der Waals surface area contributed by atoms with E-state index in [9.17, 15) is 0 Å². The zero-order valence-corrected chi connectivity index (χ0v) is 11.0. The van der Waals surface area contributed by atoms with E-state index in [1.165, 1.54) is 0 Å². The SMILES string of the molecule is Cn1c(C[C@H](N)c2ccccc2)nc2ccccc21. The Kier molecular flexibility index (Phi) is 3.05. The molecule has 3 rings (SSSR count). The molecule has 1 atom stereocenters. The molecule has 0 fully saturated rings. The molecular weight excluding hydrogens is 234 g/mol. The lowest BCUT2D eigenvalue weighted by atomic mass is 10.0. The quantitative estimate of drug-likeness (QED) is 0.778. The lowest BCUT2D eigenvalue weighted by molar-refractivity contribution is 0.665. The average molecular weight is 251 g/mol. The lowest BCUT2D eigenvalue weighted by Gasteiger charge is -2.11. The first kappa shape index (κ1) is 11.9. The summed E-state index contributed by atoms with van der Waals surface area (Å²) in [5.74, 6) is 1.03. The third kappa shape index (κ3) is 2.25. The number of para-hydroxylation sites is 2. The number of benzene rings is 2. The summed E-state index contributed by atoms with van der Waals surface area (Å²) in [6, 6.07) is 18.3. The molecule has 3 nitrogen and oxygen atoms in total. The number of nitrogens with zero attached hydrogens (tertiary/aromatic N) is 2. The van der Waals surface area contributed by atoms with Gasteiger partial charge in [-0.3, -0.25) is 0 Å². The van der Waals surface area contributed by atoms with Crippen molar-refractivity contribution in [3.8, 4) is 0 Å². The molecule has 19 heavy (non-hydrogen) atoms.